The molecule has 0 aliphatic carbocycles. The maximum atomic E-state index is 9.58. The van der Waals surface area contributed by atoms with Gasteiger partial charge in [-0.15, -0.1) is 0 Å². The zero-order valence-corrected chi connectivity index (χ0v) is 11.0. The first-order valence-electron chi connectivity index (χ1n) is 5.49. The molecular weight excluding hydrogens is 294 g/mol. The molecular formula is C13H10BrN3O. The number of hydrogen-bond donors (Lipinski definition) is 1. The second kappa shape index (κ2) is 4.51. The van der Waals surface area contributed by atoms with Gasteiger partial charge in [0.15, 0.2) is 0 Å². The first-order valence-corrected chi connectivity index (χ1v) is 6.28. The van der Waals surface area contributed by atoms with E-state index in [2.05, 4.69) is 25.9 Å². The zero-order chi connectivity index (χ0) is 12.5. The van der Waals surface area contributed by atoms with Crippen LogP contribution in [0.3, 0.4) is 0 Å². The lowest BCUT2D eigenvalue weighted by Gasteiger charge is -2.02. The van der Waals surface area contributed by atoms with Crippen LogP contribution >= 0.6 is 15.9 Å². The van der Waals surface area contributed by atoms with Gasteiger partial charge in [0.1, 0.15) is 11.3 Å². The summed E-state index contributed by atoms with van der Waals surface area (Å²) in [6, 6.07) is 11.4. The third-order valence-corrected chi connectivity index (χ3v) is 3.37. The van der Waals surface area contributed by atoms with Gasteiger partial charge in [-0.25, -0.2) is 4.98 Å². The Morgan fingerprint density at radius 2 is 2.06 bits per heavy atom. The van der Waals surface area contributed by atoms with E-state index in [1.165, 1.54) is 0 Å². The zero-order valence-electron chi connectivity index (χ0n) is 9.42. The Balaban J connectivity index is 2.34. The van der Waals surface area contributed by atoms with Gasteiger partial charge in [-0.05, 0) is 40.2 Å². The highest BCUT2D eigenvalue weighted by atomic mass is 79.9. The predicted molar refractivity (Wildman–Crippen MR) is 72.0 cm³/mol. The van der Waals surface area contributed by atoms with E-state index in [1.807, 2.05) is 40.8 Å². The van der Waals surface area contributed by atoms with Gasteiger partial charge < -0.3 is 5.11 Å². The Hall–Kier alpha value is -1.72. The van der Waals surface area contributed by atoms with Crippen LogP contribution in [0.25, 0.3) is 17.0 Å². The molecule has 3 aromatic rings. The minimum Gasteiger partial charge on any atom is -0.390 e. The number of aromatic nitrogens is 3. The minimum atomic E-state index is -0.0876. The van der Waals surface area contributed by atoms with Crippen LogP contribution in [0.15, 0.2) is 47.2 Å². The number of hydrogen-bond acceptors (Lipinski definition) is 3. The van der Waals surface area contributed by atoms with Crippen molar-refractivity contribution in [3.05, 3.63) is 52.9 Å². The average molecular weight is 304 g/mol. The maximum Gasteiger partial charge on any atom is 0.138 e. The van der Waals surface area contributed by atoms with Crippen molar-refractivity contribution in [3.63, 3.8) is 0 Å². The van der Waals surface area contributed by atoms with E-state index in [4.69, 9.17) is 0 Å². The number of fused-ring (bicyclic) bond motifs is 1. The van der Waals surface area contributed by atoms with Crippen molar-refractivity contribution in [2.24, 2.45) is 0 Å². The lowest BCUT2D eigenvalue weighted by Crippen LogP contribution is -1.96. The highest BCUT2D eigenvalue weighted by Gasteiger charge is 2.15. The third-order valence-electron chi connectivity index (χ3n) is 2.75. The minimum absolute atomic E-state index is 0.0876. The van der Waals surface area contributed by atoms with Crippen molar-refractivity contribution in [2.75, 3.05) is 0 Å². The number of imidazole rings is 1. The molecule has 0 bridgehead atoms. The van der Waals surface area contributed by atoms with Crippen LogP contribution in [0.5, 0.6) is 0 Å². The first-order chi connectivity index (χ1) is 8.81. The molecule has 0 spiro atoms. The van der Waals surface area contributed by atoms with Gasteiger partial charge >= 0.3 is 0 Å². The van der Waals surface area contributed by atoms with Gasteiger partial charge in [0.05, 0.1) is 22.6 Å². The molecule has 18 heavy (non-hydrogen) atoms. The summed E-state index contributed by atoms with van der Waals surface area (Å²) in [5, 5.41) is 9.58. The molecule has 0 aliphatic heterocycles. The molecule has 4 nitrogen and oxygen atoms in total. The predicted octanol–water partition coefficient (Wildman–Crippen LogP) is 2.65. The highest BCUT2D eigenvalue weighted by Crippen LogP contribution is 2.25. The average Bonchev–Trinajstić information content (AvgIpc) is 2.79. The molecule has 0 radical (unpaired) electrons. The molecule has 3 rings (SSSR count). The van der Waals surface area contributed by atoms with Crippen LogP contribution < -0.4 is 0 Å². The van der Waals surface area contributed by atoms with E-state index in [0.717, 1.165) is 21.6 Å². The molecule has 3 heterocycles. The largest absolute Gasteiger partial charge is 0.390 e. The van der Waals surface area contributed by atoms with Gasteiger partial charge in [-0.3, -0.25) is 9.38 Å². The summed E-state index contributed by atoms with van der Waals surface area (Å²) < 4.78 is 2.74. The number of halogens is 1. The molecule has 0 amide bonds. The molecule has 0 saturated carbocycles. The summed E-state index contributed by atoms with van der Waals surface area (Å²) in [6.45, 7) is -0.0876. The quantitative estimate of drug-likeness (QED) is 0.741. The van der Waals surface area contributed by atoms with E-state index in [1.54, 1.807) is 6.20 Å². The SMILES string of the molecule is OCc1c(-c2ccccn2)nc2cccc(Br)n12. The Labute approximate surface area is 112 Å². The smallest absolute Gasteiger partial charge is 0.138 e. The molecule has 90 valence electrons. The Bertz CT molecular complexity index is 694. The van der Waals surface area contributed by atoms with Gasteiger partial charge in [0.2, 0.25) is 0 Å². The fourth-order valence-corrected chi connectivity index (χ4v) is 2.51. The normalized spacial score (nSPS) is 11.0. The standard InChI is InChI=1S/C13H10BrN3O/c14-11-5-3-6-12-16-13(10(8-18)17(11)12)9-4-1-2-7-15-9/h1-7,18H,8H2. The lowest BCUT2D eigenvalue weighted by atomic mass is 10.2. The molecule has 0 aromatic carbocycles. The van der Waals surface area contributed by atoms with Crippen molar-refractivity contribution in [2.45, 2.75) is 6.61 Å². The number of aliphatic hydroxyl groups is 1. The molecule has 1 N–H and O–H groups in total. The van der Waals surface area contributed by atoms with Crippen molar-refractivity contribution < 1.29 is 5.11 Å². The number of aliphatic hydroxyl groups excluding tert-OH is 1. The molecule has 5 heteroatoms. The van der Waals surface area contributed by atoms with Crippen LogP contribution in [0.4, 0.5) is 0 Å². The van der Waals surface area contributed by atoms with Crippen LogP contribution in [0.1, 0.15) is 5.69 Å². The fourth-order valence-electron chi connectivity index (χ4n) is 1.97. The monoisotopic (exact) mass is 303 g/mol. The molecule has 0 aliphatic rings. The van der Waals surface area contributed by atoms with Crippen LogP contribution in [0, 0.1) is 0 Å². The second-order valence-electron chi connectivity index (χ2n) is 3.82. The molecule has 0 atom stereocenters. The molecule has 0 fully saturated rings. The van der Waals surface area contributed by atoms with E-state index in [0.29, 0.717) is 5.69 Å². The first kappa shape index (κ1) is 11.4. The Kier molecular flexibility index (Phi) is 2.85. The van der Waals surface area contributed by atoms with Gasteiger partial charge in [0.25, 0.3) is 0 Å². The Morgan fingerprint density at radius 1 is 1.17 bits per heavy atom. The third kappa shape index (κ3) is 1.72. The van der Waals surface area contributed by atoms with Crippen molar-refractivity contribution in [1.82, 2.24) is 14.4 Å². The van der Waals surface area contributed by atoms with Crippen molar-refractivity contribution >= 4 is 21.6 Å². The second-order valence-corrected chi connectivity index (χ2v) is 4.63. The van der Waals surface area contributed by atoms with Crippen LogP contribution in [-0.4, -0.2) is 19.5 Å². The Morgan fingerprint density at radius 3 is 2.78 bits per heavy atom. The highest BCUT2D eigenvalue weighted by molar-refractivity contribution is 9.10. The summed E-state index contributed by atoms with van der Waals surface area (Å²) in [6.07, 6.45) is 1.72. The summed E-state index contributed by atoms with van der Waals surface area (Å²) >= 11 is 3.47. The van der Waals surface area contributed by atoms with E-state index < -0.39 is 0 Å². The maximum absolute atomic E-state index is 9.58. The van der Waals surface area contributed by atoms with E-state index >= 15 is 0 Å². The molecule has 3 aromatic heterocycles. The number of rotatable bonds is 2. The van der Waals surface area contributed by atoms with Crippen LogP contribution in [-0.2, 0) is 6.61 Å². The van der Waals surface area contributed by atoms with Gasteiger partial charge in [-0.1, -0.05) is 12.1 Å². The van der Waals surface area contributed by atoms with E-state index in [9.17, 15) is 5.11 Å². The number of nitrogens with zero attached hydrogens (tertiary/aromatic N) is 3. The summed E-state index contributed by atoms with van der Waals surface area (Å²) in [4.78, 5) is 8.81. The molecule has 0 unspecified atom stereocenters. The summed E-state index contributed by atoms with van der Waals surface area (Å²) in [5.41, 5.74) is 2.99. The fraction of sp³-hybridized carbons (Fsp3) is 0.0769. The summed E-state index contributed by atoms with van der Waals surface area (Å²) in [7, 11) is 0. The van der Waals surface area contributed by atoms with Crippen LogP contribution in [0.2, 0.25) is 0 Å². The topological polar surface area (TPSA) is 50.4 Å². The number of pyridine rings is 2. The van der Waals surface area contributed by atoms with Crippen molar-refractivity contribution in [1.29, 1.82) is 0 Å². The summed E-state index contributed by atoms with van der Waals surface area (Å²) in [5.74, 6) is 0. The van der Waals surface area contributed by atoms with E-state index in [-0.39, 0.29) is 6.61 Å². The van der Waals surface area contributed by atoms with Gasteiger partial charge in [0, 0.05) is 6.20 Å². The van der Waals surface area contributed by atoms with Crippen molar-refractivity contribution in [3.8, 4) is 11.4 Å². The molecule has 0 saturated heterocycles. The van der Waals surface area contributed by atoms with Gasteiger partial charge in [-0.2, -0.15) is 0 Å². The lowest BCUT2D eigenvalue weighted by molar-refractivity contribution is 0.276.